The zero-order valence-corrected chi connectivity index (χ0v) is 27.0. The molecule has 7 N–H and O–H groups in total. The predicted octanol–water partition coefficient (Wildman–Crippen LogP) is 4.72. The highest BCUT2D eigenvalue weighted by Gasteiger charge is 2.30. The van der Waals surface area contributed by atoms with Crippen molar-refractivity contribution in [2.24, 2.45) is 17.4 Å². The van der Waals surface area contributed by atoms with Crippen LogP contribution in [0.1, 0.15) is 61.1 Å². The molecule has 5 rings (SSSR count). The lowest BCUT2D eigenvalue weighted by molar-refractivity contribution is -0.119. The molecule has 1 amide bonds. The Morgan fingerprint density at radius 1 is 1.20 bits per heavy atom. The van der Waals surface area contributed by atoms with Crippen LogP contribution in [-0.2, 0) is 24.3 Å². The zero-order chi connectivity index (χ0) is 33.1. The summed E-state index contributed by atoms with van der Waals surface area (Å²) in [6, 6.07) is 15.8. The third-order valence-corrected chi connectivity index (χ3v) is 9.09. The van der Waals surface area contributed by atoms with E-state index in [0.717, 1.165) is 54.0 Å². The van der Waals surface area contributed by atoms with Crippen LogP contribution in [0.4, 0.5) is 0 Å². The molecule has 0 radical (unpaired) electrons. The Bertz CT molecular complexity index is 1710. The summed E-state index contributed by atoms with van der Waals surface area (Å²) in [7, 11) is 0. The van der Waals surface area contributed by atoms with E-state index in [4.69, 9.17) is 16.7 Å². The highest BCUT2D eigenvalue weighted by molar-refractivity contribution is 5.94. The molecule has 9 heteroatoms. The maximum absolute atomic E-state index is 13.7. The Balaban J connectivity index is 1.26. The molecule has 238 valence electrons. The number of nitrogens with zero attached hydrogens (tertiary/aromatic N) is 3. The van der Waals surface area contributed by atoms with Crippen LogP contribution in [0.25, 0.3) is 5.57 Å². The number of amides is 1. The molecule has 0 fully saturated rings. The number of fused-ring (bicyclic) bond motifs is 1. The molecule has 2 aromatic carbocycles. The van der Waals surface area contributed by atoms with Crippen LogP contribution >= 0.6 is 0 Å². The molecular weight excluding hydrogens is 572 g/mol. The van der Waals surface area contributed by atoms with Crippen molar-refractivity contribution in [2.45, 2.75) is 59.0 Å². The normalized spacial score (nSPS) is 19.6. The minimum Gasteiger partial charge on any atom is -0.400 e. The number of hydrogen-bond donors (Lipinski definition) is 5. The van der Waals surface area contributed by atoms with E-state index in [2.05, 4.69) is 71.8 Å². The lowest BCUT2D eigenvalue weighted by Crippen LogP contribution is -2.47. The molecule has 2 aromatic rings. The molecule has 2 heterocycles. The van der Waals surface area contributed by atoms with E-state index in [1.165, 1.54) is 16.8 Å². The van der Waals surface area contributed by atoms with Crippen molar-refractivity contribution in [3.8, 4) is 6.07 Å². The number of nitriles is 1. The molecule has 3 unspecified atom stereocenters. The molecule has 9 nitrogen and oxygen atoms in total. The summed E-state index contributed by atoms with van der Waals surface area (Å²) < 4.78 is 0. The fourth-order valence-corrected chi connectivity index (χ4v) is 6.05. The number of allylic oxidation sites excluding steroid dienone is 5. The van der Waals surface area contributed by atoms with Crippen LogP contribution in [0.15, 0.2) is 109 Å². The maximum atomic E-state index is 13.7. The summed E-state index contributed by atoms with van der Waals surface area (Å²) in [5.41, 5.74) is 23.1. The van der Waals surface area contributed by atoms with Gasteiger partial charge in [-0.15, -0.1) is 0 Å². The Hall–Kier alpha value is -5.20. The van der Waals surface area contributed by atoms with Crippen molar-refractivity contribution in [1.29, 1.82) is 5.26 Å². The molecule has 46 heavy (non-hydrogen) atoms. The highest BCUT2D eigenvalue weighted by Crippen LogP contribution is 2.36. The minimum absolute atomic E-state index is 0.310. The Morgan fingerprint density at radius 3 is 2.57 bits per heavy atom. The van der Waals surface area contributed by atoms with Crippen molar-refractivity contribution in [1.82, 2.24) is 25.8 Å². The summed E-state index contributed by atoms with van der Waals surface area (Å²) in [5, 5.41) is 18.7. The van der Waals surface area contributed by atoms with Crippen LogP contribution in [0.2, 0.25) is 0 Å². The molecule has 3 atom stereocenters. The number of nitrogens with one attached hydrogen (secondary N) is 3. The molecule has 0 spiro atoms. The van der Waals surface area contributed by atoms with Gasteiger partial charge in [0.2, 0.25) is 0 Å². The van der Waals surface area contributed by atoms with Gasteiger partial charge >= 0.3 is 0 Å². The average molecular weight is 617 g/mol. The lowest BCUT2D eigenvalue weighted by Gasteiger charge is -2.40. The Labute approximate surface area is 272 Å². The number of carbonyl (C=O) groups is 1. The Morgan fingerprint density at radius 2 is 1.93 bits per heavy atom. The Kier molecular flexibility index (Phi) is 9.40. The van der Waals surface area contributed by atoms with Gasteiger partial charge in [0.05, 0.1) is 17.7 Å². The zero-order valence-electron chi connectivity index (χ0n) is 27.0. The third-order valence-electron chi connectivity index (χ3n) is 9.09. The first kappa shape index (κ1) is 32.2. The van der Waals surface area contributed by atoms with Crippen LogP contribution in [0.5, 0.6) is 0 Å². The van der Waals surface area contributed by atoms with Gasteiger partial charge in [0.15, 0.2) is 6.29 Å². The van der Waals surface area contributed by atoms with Gasteiger partial charge in [0.25, 0.3) is 5.91 Å². The number of rotatable bonds is 11. The first-order chi connectivity index (χ1) is 22.0. The van der Waals surface area contributed by atoms with Crippen molar-refractivity contribution in [2.75, 3.05) is 6.54 Å². The van der Waals surface area contributed by atoms with E-state index in [1.807, 2.05) is 38.1 Å². The quantitative estimate of drug-likeness (QED) is 0.139. The van der Waals surface area contributed by atoms with Crippen LogP contribution in [0.3, 0.4) is 0 Å². The van der Waals surface area contributed by atoms with E-state index < -0.39 is 6.29 Å². The second-order valence-electron chi connectivity index (χ2n) is 12.3. The number of hydrogen-bond acceptors (Lipinski definition) is 8. The SMILES string of the molecule is C=C(/C=C(/C(=O)NC(C)c1ccc(C(=C)C#N)cc1)N1C(C)=CNC1N)C(=C)NCc1ccc2c(c1)CN(C1=C(N)C(C)C1)CC2. The fourth-order valence-electron chi connectivity index (χ4n) is 6.05. The number of nitrogens with two attached hydrogens (primary N) is 2. The van der Waals surface area contributed by atoms with Crippen LogP contribution in [0, 0.1) is 17.2 Å². The molecule has 3 aliphatic rings. The summed E-state index contributed by atoms with van der Waals surface area (Å²) in [4.78, 5) is 17.9. The van der Waals surface area contributed by atoms with Crippen molar-refractivity contribution >= 4 is 11.5 Å². The summed E-state index contributed by atoms with van der Waals surface area (Å²) in [6.07, 6.45) is 4.94. The highest BCUT2D eigenvalue weighted by atomic mass is 16.2. The summed E-state index contributed by atoms with van der Waals surface area (Å²) >= 11 is 0. The second kappa shape index (κ2) is 13.4. The standard InChI is InChI=1S/C37H44N8O/c1-22(26(5)41-20-28-7-8-31-13-14-44(21-32(31)17-28)33-16-23(2)35(33)39)15-34(45-25(4)19-42-37(45)40)36(46)43-27(6)30-11-9-29(10-12-30)24(3)18-38/h7-12,15,17,19,23,27,37,41-42H,1,3,5,13-14,16,20-21,39-40H2,2,4,6H3,(H,43,46)/b34-15-. The van der Waals surface area contributed by atoms with E-state index in [1.54, 1.807) is 17.2 Å². The van der Waals surface area contributed by atoms with Gasteiger partial charge in [-0.25, -0.2) is 0 Å². The van der Waals surface area contributed by atoms with Gasteiger partial charge in [0.1, 0.15) is 5.70 Å². The van der Waals surface area contributed by atoms with Crippen LogP contribution in [-0.4, -0.2) is 28.5 Å². The number of carbonyl (C=O) groups excluding carboxylic acids is 1. The first-order valence-electron chi connectivity index (χ1n) is 15.6. The molecule has 0 saturated carbocycles. The maximum Gasteiger partial charge on any atom is 0.268 e. The summed E-state index contributed by atoms with van der Waals surface area (Å²) in [5.74, 6) is 0.164. The van der Waals surface area contributed by atoms with E-state index in [9.17, 15) is 4.79 Å². The van der Waals surface area contributed by atoms with Gasteiger partial charge < -0.3 is 31.5 Å². The minimum atomic E-state index is -0.609. The predicted molar refractivity (Wildman–Crippen MR) is 183 cm³/mol. The van der Waals surface area contributed by atoms with E-state index >= 15 is 0 Å². The average Bonchev–Trinajstić information content (AvgIpc) is 3.40. The van der Waals surface area contributed by atoms with Gasteiger partial charge in [-0.2, -0.15) is 5.26 Å². The van der Waals surface area contributed by atoms with E-state index in [-0.39, 0.29) is 11.9 Å². The van der Waals surface area contributed by atoms with Crippen LogP contribution < -0.4 is 27.4 Å². The smallest absolute Gasteiger partial charge is 0.268 e. The van der Waals surface area contributed by atoms with Gasteiger partial charge in [-0.3, -0.25) is 10.5 Å². The lowest BCUT2D eigenvalue weighted by atomic mass is 9.86. The van der Waals surface area contributed by atoms with E-state index in [0.29, 0.717) is 35.0 Å². The second-order valence-corrected chi connectivity index (χ2v) is 12.3. The largest absolute Gasteiger partial charge is 0.400 e. The molecule has 1 aliphatic carbocycles. The molecular formula is C37H44N8O. The van der Waals surface area contributed by atoms with Gasteiger partial charge in [0, 0.05) is 54.5 Å². The van der Waals surface area contributed by atoms with Gasteiger partial charge in [-0.05, 0) is 66.2 Å². The molecule has 0 aromatic heterocycles. The third kappa shape index (κ3) is 6.72. The molecule has 0 bridgehead atoms. The number of benzene rings is 2. The van der Waals surface area contributed by atoms with Crippen molar-refractivity contribution in [3.05, 3.63) is 136 Å². The fraction of sp³-hybridized carbons (Fsp3) is 0.297. The topological polar surface area (TPSA) is 135 Å². The summed E-state index contributed by atoms with van der Waals surface area (Å²) in [6.45, 7) is 20.6. The molecule has 2 aliphatic heterocycles. The first-order valence-corrected chi connectivity index (χ1v) is 15.6. The van der Waals surface area contributed by atoms with Crippen molar-refractivity contribution in [3.63, 3.8) is 0 Å². The molecule has 0 saturated heterocycles. The van der Waals surface area contributed by atoms with Gasteiger partial charge in [-0.1, -0.05) is 69.1 Å². The van der Waals surface area contributed by atoms with Crippen molar-refractivity contribution < 1.29 is 4.79 Å². The monoisotopic (exact) mass is 616 g/mol.